The lowest BCUT2D eigenvalue weighted by atomic mass is 9.72. The van der Waals surface area contributed by atoms with Gasteiger partial charge in [-0.25, -0.2) is 4.39 Å². The molecule has 1 aliphatic carbocycles. The largest absolute Gasteiger partial charge is 0.385 e. The molecule has 0 aromatic heterocycles. The van der Waals surface area contributed by atoms with E-state index in [2.05, 4.69) is 13.0 Å². The van der Waals surface area contributed by atoms with Crippen LogP contribution in [0.25, 0.3) is 0 Å². The Bertz CT molecular complexity index is 664. The first-order valence-corrected chi connectivity index (χ1v) is 7.56. The Morgan fingerprint density at radius 2 is 2.00 bits per heavy atom. The van der Waals surface area contributed by atoms with Crippen molar-refractivity contribution in [3.63, 3.8) is 0 Å². The topological polar surface area (TPSA) is 20.2 Å². The summed E-state index contributed by atoms with van der Waals surface area (Å²) in [6, 6.07) is 13.0. The van der Waals surface area contributed by atoms with Crippen molar-refractivity contribution in [3.8, 4) is 0 Å². The van der Waals surface area contributed by atoms with Gasteiger partial charge in [-0.3, -0.25) is 0 Å². The number of rotatable bonds is 2. The second-order valence-electron chi connectivity index (χ2n) is 6.31. The molecule has 3 rings (SSSR count). The second kappa shape index (κ2) is 5.27. The van der Waals surface area contributed by atoms with E-state index in [4.69, 9.17) is 0 Å². The van der Waals surface area contributed by atoms with E-state index in [1.54, 1.807) is 6.07 Å². The highest BCUT2D eigenvalue weighted by atomic mass is 19.1. The van der Waals surface area contributed by atoms with Crippen LogP contribution in [0.1, 0.15) is 47.9 Å². The maximum Gasteiger partial charge on any atom is 0.123 e. The average molecular weight is 284 g/mol. The molecular weight excluding hydrogens is 263 g/mol. The van der Waals surface area contributed by atoms with E-state index in [0.717, 1.165) is 29.5 Å². The molecule has 2 aromatic carbocycles. The smallest absolute Gasteiger partial charge is 0.123 e. The van der Waals surface area contributed by atoms with Crippen LogP contribution in [0.3, 0.4) is 0 Å². The Balaban J connectivity index is 2.00. The Morgan fingerprint density at radius 3 is 2.76 bits per heavy atom. The van der Waals surface area contributed by atoms with Gasteiger partial charge in [0.25, 0.3) is 0 Å². The van der Waals surface area contributed by atoms with Gasteiger partial charge in [-0.05, 0) is 60.1 Å². The zero-order valence-corrected chi connectivity index (χ0v) is 12.6. The van der Waals surface area contributed by atoms with Crippen LogP contribution in [0, 0.1) is 12.7 Å². The van der Waals surface area contributed by atoms with Crippen molar-refractivity contribution < 1.29 is 9.50 Å². The van der Waals surface area contributed by atoms with E-state index in [0.29, 0.717) is 12.3 Å². The van der Waals surface area contributed by atoms with Crippen molar-refractivity contribution in [2.75, 3.05) is 0 Å². The first-order chi connectivity index (χ1) is 9.99. The summed E-state index contributed by atoms with van der Waals surface area (Å²) >= 11 is 0. The fourth-order valence-electron chi connectivity index (χ4n) is 3.45. The van der Waals surface area contributed by atoms with Crippen LogP contribution in [0.5, 0.6) is 0 Å². The van der Waals surface area contributed by atoms with E-state index in [1.807, 2.05) is 25.1 Å². The van der Waals surface area contributed by atoms with Gasteiger partial charge in [0.2, 0.25) is 0 Å². The predicted octanol–water partition coefficient (Wildman–Crippen LogP) is 4.46. The zero-order chi connectivity index (χ0) is 15.0. The van der Waals surface area contributed by atoms with Crippen LogP contribution in [0.2, 0.25) is 0 Å². The quantitative estimate of drug-likeness (QED) is 0.863. The summed E-state index contributed by atoms with van der Waals surface area (Å²) in [7, 11) is 0. The Morgan fingerprint density at radius 1 is 1.24 bits per heavy atom. The van der Waals surface area contributed by atoms with Crippen LogP contribution in [0.15, 0.2) is 42.5 Å². The minimum Gasteiger partial charge on any atom is -0.385 e. The molecule has 0 aliphatic heterocycles. The third-order valence-electron chi connectivity index (χ3n) is 4.77. The molecule has 2 heteroatoms. The summed E-state index contributed by atoms with van der Waals surface area (Å²) in [5, 5.41) is 11.2. The lowest BCUT2D eigenvalue weighted by molar-refractivity contribution is 0.0157. The lowest BCUT2D eigenvalue weighted by Gasteiger charge is -2.37. The molecule has 0 amide bonds. The van der Waals surface area contributed by atoms with E-state index in [9.17, 15) is 9.50 Å². The van der Waals surface area contributed by atoms with E-state index in [1.165, 1.54) is 17.7 Å². The third-order valence-corrected chi connectivity index (χ3v) is 4.77. The minimum atomic E-state index is -0.842. The summed E-state index contributed by atoms with van der Waals surface area (Å²) in [6.07, 6.45) is 2.28. The van der Waals surface area contributed by atoms with Crippen LogP contribution >= 0.6 is 0 Å². The molecule has 0 spiro atoms. The van der Waals surface area contributed by atoms with Gasteiger partial charge in [0.05, 0.1) is 5.60 Å². The number of aryl methyl sites for hydroxylation is 1. The van der Waals surface area contributed by atoms with Crippen molar-refractivity contribution in [3.05, 3.63) is 70.5 Å². The van der Waals surface area contributed by atoms with E-state index < -0.39 is 5.60 Å². The first-order valence-electron chi connectivity index (χ1n) is 7.56. The fourth-order valence-corrected chi connectivity index (χ4v) is 3.45. The molecule has 2 unspecified atom stereocenters. The molecule has 2 atom stereocenters. The van der Waals surface area contributed by atoms with Crippen LogP contribution in [-0.4, -0.2) is 5.11 Å². The van der Waals surface area contributed by atoms with Gasteiger partial charge in [-0.15, -0.1) is 0 Å². The second-order valence-corrected chi connectivity index (χ2v) is 6.31. The maximum absolute atomic E-state index is 13.2. The average Bonchev–Trinajstić information content (AvgIpc) is 2.47. The molecule has 110 valence electrons. The molecule has 21 heavy (non-hydrogen) atoms. The van der Waals surface area contributed by atoms with Gasteiger partial charge >= 0.3 is 0 Å². The SMILES string of the molecule is Cc1cc(F)ccc1CC1(O)CCC(C)c2ccccc21. The normalized spacial score (nSPS) is 24.7. The van der Waals surface area contributed by atoms with Crippen LogP contribution < -0.4 is 0 Å². The molecule has 0 saturated heterocycles. The van der Waals surface area contributed by atoms with Gasteiger partial charge in [-0.1, -0.05) is 37.3 Å². The summed E-state index contributed by atoms with van der Waals surface area (Å²) < 4.78 is 13.2. The fraction of sp³-hybridized carbons (Fsp3) is 0.368. The van der Waals surface area contributed by atoms with Gasteiger partial charge in [0.1, 0.15) is 5.82 Å². The Hall–Kier alpha value is -1.67. The minimum absolute atomic E-state index is 0.221. The molecule has 1 aliphatic rings. The summed E-state index contributed by atoms with van der Waals surface area (Å²) in [6.45, 7) is 4.11. The molecule has 0 saturated carbocycles. The van der Waals surface area contributed by atoms with Gasteiger partial charge in [0, 0.05) is 6.42 Å². The first kappa shape index (κ1) is 14.3. The van der Waals surface area contributed by atoms with E-state index in [-0.39, 0.29) is 5.82 Å². The van der Waals surface area contributed by atoms with Gasteiger partial charge < -0.3 is 5.11 Å². The summed E-state index contributed by atoms with van der Waals surface area (Å²) in [4.78, 5) is 0. The highest BCUT2D eigenvalue weighted by Gasteiger charge is 2.36. The molecule has 2 aromatic rings. The summed E-state index contributed by atoms with van der Waals surface area (Å²) in [5.41, 5.74) is 3.35. The van der Waals surface area contributed by atoms with Crippen LogP contribution in [-0.2, 0) is 12.0 Å². The van der Waals surface area contributed by atoms with Gasteiger partial charge in [-0.2, -0.15) is 0 Å². The van der Waals surface area contributed by atoms with Gasteiger partial charge in [0.15, 0.2) is 0 Å². The van der Waals surface area contributed by atoms with Crippen molar-refractivity contribution in [1.82, 2.24) is 0 Å². The highest BCUT2D eigenvalue weighted by Crippen LogP contribution is 2.43. The third kappa shape index (κ3) is 2.60. The molecule has 0 bridgehead atoms. The highest BCUT2D eigenvalue weighted by molar-refractivity contribution is 5.39. The number of fused-ring (bicyclic) bond motifs is 1. The molecular formula is C19H21FO. The number of hydrogen-bond acceptors (Lipinski definition) is 1. The zero-order valence-electron chi connectivity index (χ0n) is 12.6. The molecule has 1 nitrogen and oxygen atoms in total. The predicted molar refractivity (Wildman–Crippen MR) is 82.8 cm³/mol. The Kier molecular flexibility index (Phi) is 3.58. The van der Waals surface area contributed by atoms with Crippen molar-refractivity contribution in [1.29, 1.82) is 0 Å². The monoisotopic (exact) mass is 284 g/mol. The molecule has 1 N–H and O–H groups in total. The van der Waals surface area contributed by atoms with Crippen molar-refractivity contribution in [2.24, 2.45) is 0 Å². The van der Waals surface area contributed by atoms with Crippen LogP contribution in [0.4, 0.5) is 4.39 Å². The number of aliphatic hydroxyl groups is 1. The number of hydrogen-bond donors (Lipinski definition) is 1. The Labute approximate surface area is 125 Å². The molecule has 0 heterocycles. The van der Waals surface area contributed by atoms with Crippen molar-refractivity contribution >= 4 is 0 Å². The molecule has 0 radical (unpaired) electrons. The van der Waals surface area contributed by atoms with E-state index >= 15 is 0 Å². The number of halogens is 1. The number of benzene rings is 2. The molecule has 0 fully saturated rings. The summed E-state index contributed by atoms with van der Waals surface area (Å²) in [5.74, 6) is 0.261. The lowest BCUT2D eigenvalue weighted by Crippen LogP contribution is -2.34. The maximum atomic E-state index is 13.2. The van der Waals surface area contributed by atoms with Crippen molar-refractivity contribution in [2.45, 2.75) is 44.6 Å². The standard InChI is InChI=1S/C19H21FO/c1-13-9-10-19(21,18-6-4-3-5-17(13)18)12-15-7-8-16(20)11-14(15)2/h3-8,11,13,21H,9-10,12H2,1-2H3.